The molecule has 0 radical (unpaired) electrons. The van der Waals surface area contributed by atoms with E-state index in [0.717, 1.165) is 19.3 Å². The molecule has 2 aromatic heterocycles. The zero-order valence-corrected chi connectivity index (χ0v) is 16.2. The van der Waals surface area contributed by atoms with Gasteiger partial charge in [-0.15, -0.1) is 0 Å². The second-order valence-corrected chi connectivity index (χ2v) is 6.92. The van der Waals surface area contributed by atoms with E-state index in [9.17, 15) is 9.18 Å². The van der Waals surface area contributed by atoms with Crippen LogP contribution in [0, 0.1) is 5.82 Å². The van der Waals surface area contributed by atoms with Crippen molar-refractivity contribution in [3.63, 3.8) is 0 Å². The number of hydrogen-bond donors (Lipinski definition) is 2. The maximum absolute atomic E-state index is 13.4. The molecule has 0 saturated heterocycles. The smallest absolute Gasteiger partial charge is 0.257 e. The van der Waals surface area contributed by atoms with Crippen molar-refractivity contribution in [2.75, 3.05) is 12.3 Å². The number of aromatic nitrogens is 3. The lowest BCUT2D eigenvalue weighted by molar-refractivity contribution is 0.0955. The number of unbranched alkanes of at least 4 members (excludes halogenated alkanes) is 2. The van der Waals surface area contributed by atoms with Crippen molar-refractivity contribution in [1.29, 1.82) is 0 Å². The maximum atomic E-state index is 13.4. The van der Waals surface area contributed by atoms with Gasteiger partial charge < -0.3 is 11.1 Å². The molecular formula is C22H22FN5O. The lowest BCUT2D eigenvalue weighted by Gasteiger charge is -2.08. The predicted molar refractivity (Wildman–Crippen MR) is 113 cm³/mol. The minimum absolute atomic E-state index is 0.231. The first kappa shape index (κ1) is 18.9. The van der Waals surface area contributed by atoms with Crippen LogP contribution in [-0.4, -0.2) is 27.0 Å². The highest BCUT2D eigenvalue weighted by molar-refractivity contribution is 6.11. The second-order valence-electron chi connectivity index (χ2n) is 6.92. The molecule has 7 heteroatoms. The van der Waals surface area contributed by atoms with E-state index in [1.807, 2.05) is 24.3 Å². The fourth-order valence-electron chi connectivity index (χ4n) is 3.40. The van der Waals surface area contributed by atoms with E-state index in [-0.39, 0.29) is 17.5 Å². The van der Waals surface area contributed by atoms with Gasteiger partial charge in [-0.05, 0) is 42.8 Å². The number of carbonyl (C=O) groups excluding carboxylic acids is 1. The van der Waals surface area contributed by atoms with E-state index in [4.69, 9.17) is 10.7 Å². The molecule has 1 amide bonds. The summed E-state index contributed by atoms with van der Waals surface area (Å²) in [5, 5.41) is 2.93. The number of anilines is 1. The third-order valence-electron chi connectivity index (χ3n) is 4.88. The summed E-state index contributed by atoms with van der Waals surface area (Å²) in [7, 11) is 0. The largest absolute Gasteiger partial charge is 0.384 e. The Morgan fingerprint density at radius 3 is 2.45 bits per heavy atom. The number of nitrogens with two attached hydrogens (primary N) is 1. The lowest BCUT2D eigenvalue weighted by atomic mass is 10.2. The minimum atomic E-state index is -0.353. The fourth-order valence-corrected chi connectivity index (χ4v) is 3.40. The minimum Gasteiger partial charge on any atom is -0.384 e. The molecule has 148 valence electrons. The van der Waals surface area contributed by atoms with Gasteiger partial charge in [-0.3, -0.25) is 9.36 Å². The summed E-state index contributed by atoms with van der Waals surface area (Å²) in [6.07, 6.45) is 3.00. The molecule has 3 N–H and O–H groups in total. The van der Waals surface area contributed by atoms with Crippen molar-refractivity contribution in [3.8, 4) is 5.69 Å². The van der Waals surface area contributed by atoms with E-state index in [1.165, 1.54) is 12.1 Å². The van der Waals surface area contributed by atoms with Gasteiger partial charge in [-0.2, -0.15) is 0 Å². The van der Waals surface area contributed by atoms with Crippen LogP contribution in [0.3, 0.4) is 0 Å². The van der Waals surface area contributed by atoms with Crippen LogP contribution in [0.15, 0.2) is 48.5 Å². The molecule has 0 aliphatic rings. The van der Waals surface area contributed by atoms with Crippen molar-refractivity contribution >= 4 is 33.9 Å². The first-order chi connectivity index (χ1) is 14.1. The van der Waals surface area contributed by atoms with Gasteiger partial charge in [0.05, 0.1) is 11.0 Å². The van der Waals surface area contributed by atoms with Crippen LogP contribution < -0.4 is 11.1 Å². The Hall–Kier alpha value is -3.48. The lowest BCUT2D eigenvalue weighted by Crippen LogP contribution is -2.25. The number of benzene rings is 2. The summed E-state index contributed by atoms with van der Waals surface area (Å²) in [5.74, 6) is -0.404. The number of amides is 1. The standard InChI is InChI=1S/C22H22FN5O/c1-2-3-6-13-25-22(29)18-19-21(27-17-8-5-4-7-16(17)26-19)28(20(18)24)15-11-9-14(23)10-12-15/h4-5,7-12H,2-3,6,13,24H2,1H3,(H,25,29). The highest BCUT2D eigenvalue weighted by Gasteiger charge is 2.24. The Morgan fingerprint density at radius 1 is 1.07 bits per heavy atom. The summed E-state index contributed by atoms with van der Waals surface area (Å²) in [4.78, 5) is 22.3. The Kier molecular flexibility index (Phi) is 5.12. The molecule has 4 aromatic rings. The van der Waals surface area contributed by atoms with Crippen molar-refractivity contribution in [3.05, 3.63) is 59.9 Å². The predicted octanol–water partition coefficient (Wildman–Crippen LogP) is 4.22. The Labute approximate surface area is 167 Å². The van der Waals surface area contributed by atoms with Gasteiger partial charge in [0.2, 0.25) is 0 Å². The zero-order chi connectivity index (χ0) is 20.4. The number of para-hydroxylation sites is 2. The van der Waals surface area contributed by atoms with Gasteiger partial charge in [-0.25, -0.2) is 14.4 Å². The molecular weight excluding hydrogens is 369 g/mol. The quantitative estimate of drug-likeness (QED) is 0.482. The summed E-state index contributed by atoms with van der Waals surface area (Å²) >= 11 is 0. The maximum Gasteiger partial charge on any atom is 0.257 e. The first-order valence-corrected chi connectivity index (χ1v) is 9.71. The van der Waals surface area contributed by atoms with E-state index < -0.39 is 0 Å². The Balaban J connectivity index is 1.89. The number of fused-ring (bicyclic) bond motifs is 2. The van der Waals surface area contributed by atoms with Crippen LogP contribution in [0.2, 0.25) is 0 Å². The second kappa shape index (κ2) is 7.87. The van der Waals surface area contributed by atoms with Crippen LogP contribution in [0.25, 0.3) is 27.9 Å². The third-order valence-corrected chi connectivity index (χ3v) is 4.88. The van der Waals surface area contributed by atoms with Crippen LogP contribution in [0.4, 0.5) is 10.2 Å². The summed E-state index contributed by atoms with van der Waals surface area (Å²) in [5.41, 5.74) is 9.57. The van der Waals surface area contributed by atoms with Crippen molar-refractivity contribution in [2.45, 2.75) is 26.2 Å². The SMILES string of the molecule is CCCCCNC(=O)c1c(N)n(-c2ccc(F)cc2)c2nc3ccccc3nc12. The number of nitrogens with one attached hydrogen (secondary N) is 1. The molecule has 0 atom stereocenters. The Morgan fingerprint density at radius 2 is 1.76 bits per heavy atom. The topological polar surface area (TPSA) is 85.8 Å². The van der Waals surface area contributed by atoms with Gasteiger partial charge >= 0.3 is 0 Å². The monoisotopic (exact) mass is 391 g/mol. The number of hydrogen-bond acceptors (Lipinski definition) is 4. The van der Waals surface area contributed by atoms with E-state index >= 15 is 0 Å². The highest BCUT2D eigenvalue weighted by atomic mass is 19.1. The van der Waals surface area contributed by atoms with Crippen molar-refractivity contribution in [1.82, 2.24) is 19.9 Å². The molecule has 0 unspecified atom stereocenters. The third kappa shape index (κ3) is 3.51. The molecule has 29 heavy (non-hydrogen) atoms. The van der Waals surface area contributed by atoms with Gasteiger partial charge in [0.1, 0.15) is 22.7 Å². The molecule has 2 aromatic carbocycles. The zero-order valence-electron chi connectivity index (χ0n) is 16.2. The summed E-state index contributed by atoms with van der Waals surface area (Å²) in [6, 6.07) is 13.3. The van der Waals surface area contributed by atoms with Crippen molar-refractivity contribution < 1.29 is 9.18 Å². The van der Waals surface area contributed by atoms with Crippen LogP contribution in [0.5, 0.6) is 0 Å². The van der Waals surface area contributed by atoms with E-state index in [1.54, 1.807) is 16.7 Å². The molecule has 2 heterocycles. The van der Waals surface area contributed by atoms with E-state index in [2.05, 4.69) is 17.2 Å². The van der Waals surface area contributed by atoms with Gasteiger partial charge in [0, 0.05) is 12.2 Å². The molecule has 4 rings (SSSR count). The Bertz CT molecular complexity index is 1180. The van der Waals surface area contributed by atoms with Gasteiger partial charge in [-0.1, -0.05) is 31.9 Å². The summed E-state index contributed by atoms with van der Waals surface area (Å²) in [6.45, 7) is 2.67. The number of nitrogens with zero attached hydrogens (tertiary/aromatic N) is 3. The molecule has 0 aliphatic heterocycles. The molecule has 0 bridgehead atoms. The van der Waals surface area contributed by atoms with E-state index in [0.29, 0.717) is 40.0 Å². The number of nitrogen functional groups attached to an aromatic ring is 1. The molecule has 0 fully saturated rings. The number of halogens is 1. The normalized spacial score (nSPS) is 11.2. The van der Waals surface area contributed by atoms with Crippen molar-refractivity contribution in [2.24, 2.45) is 0 Å². The average Bonchev–Trinajstić information content (AvgIpc) is 3.01. The van der Waals surface area contributed by atoms with Gasteiger partial charge in [0.15, 0.2) is 5.65 Å². The highest BCUT2D eigenvalue weighted by Crippen LogP contribution is 2.31. The van der Waals surface area contributed by atoms with Gasteiger partial charge in [0.25, 0.3) is 5.91 Å². The first-order valence-electron chi connectivity index (χ1n) is 9.71. The summed E-state index contributed by atoms with van der Waals surface area (Å²) < 4.78 is 15.1. The number of rotatable bonds is 6. The fraction of sp³-hybridized carbons (Fsp3) is 0.227. The molecule has 0 spiro atoms. The number of carbonyl (C=O) groups is 1. The average molecular weight is 391 g/mol. The van der Waals surface area contributed by atoms with Crippen LogP contribution in [-0.2, 0) is 0 Å². The molecule has 6 nitrogen and oxygen atoms in total. The van der Waals surface area contributed by atoms with Crippen LogP contribution in [0.1, 0.15) is 36.5 Å². The molecule has 0 saturated carbocycles. The molecule has 0 aliphatic carbocycles. The van der Waals surface area contributed by atoms with Crippen LogP contribution >= 0.6 is 0 Å².